The Hall–Kier alpha value is -2.68. The number of H-pyrrole nitrogens is 1. The van der Waals surface area contributed by atoms with Gasteiger partial charge in [0, 0.05) is 24.1 Å². The number of carbonyl (C=O) groups excluding carboxylic acids is 3. The van der Waals surface area contributed by atoms with Crippen LogP contribution < -0.4 is 27.4 Å². The van der Waals surface area contributed by atoms with Crippen molar-refractivity contribution < 1.29 is 29.4 Å². The van der Waals surface area contributed by atoms with Crippen molar-refractivity contribution in [1.29, 1.82) is 0 Å². The number of aromatic nitrogens is 2. The third-order valence-corrected chi connectivity index (χ3v) is 5.14. The van der Waals surface area contributed by atoms with Crippen molar-refractivity contribution in [3.63, 3.8) is 0 Å². The van der Waals surface area contributed by atoms with Crippen LogP contribution in [-0.4, -0.2) is 86.4 Å². The van der Waals surface area contributed by atoms with Crippen LogP contribution in [0.3, 0.4) is 0 Å². The second-order valence-electron chi connectivity index (χ2n) is 7.54. The molecule has 0 aliphatic carbocycles. The lowest BCUT2D eigenvalue weighted by atomic mass is 10.1. The topological polar surface area (TPSA) is 226 Å². The third-order valence-electron chi connectivity index (χ3n) is 4.77. The predicted octanol–water partition coefficient (Wildman–Crippen LogP) is -2.74. The van der Waals surface area contributed by atoms with Gasteiger partial charge in [-0.3, -0.25) is 14.4 Å². The molecule has 0 aliphatic rings. The van der Waals surface area contributed by atoms with E-state index < -0.39 is 54.0 Å². The van der Waals surface area contributed by atoms with Gasteiger partial charge in [0.25, 0.3) is 0 Å². The maximum atomic E-state index is 12.8. The number of aromatic amines is 1. The lowest BCUT2D eigenvalue weighted by Crippen LogP contribution is -2.58. The van der Waals surface area contributed by atoms with Crippen LogP contribution in [0.2, 0.25) is 0 Å². The van der Waals surface area contributed by atoms with Crippen molar-refractivity contribution in [2.45, 2.75) is 62.9 Å². The van der Waals surface area contributed by atoms with Crippen LogP contribution in [0, 0.1) is 0 Å². The minimum absolute atomic E-state index is 0.146. The highest BCUT2D eigenvalue weighted by Crippen LogP contribution is 2.05. The third kappa shape index (κ3) is 9.77. The molecule has 0 saturated heterocycles. The zero-order chi connectivity index (χ0) is 25.0. The summed E-state index contributed by atoms with van der Waals surface area (Å²) >= 11 is 4.04. The molecule has 1 rings (SSSR count). The van der Waals surface area contributed by atoms with Crippen molar-refractivity contribution in [2.75, 3.05) is 12.3 Å². The number of hydrogen-bond acceptors (Lipinski definition) is 9. The molecule has 33 heavy (non-hydrogen) atoms. The average molecular weight is 488 g/mol. The van der Waals surface area contributed by atoms with Gasteiger partial charge in [0.1, 0.15) is 12.1 Å². The Bertz CT molecular complexity index is 777. The van der Waals surface area contributed by atoms with Crippen LogP contribution in [0.15, 0.2) is 12.5 Å². The van der Waals surface area contributed by atoms with E-state index in [4.69, 9.17) is 16.6 Å². The van der Waals surface area contributed by atoms with Crippen LogP contribution in [0.5, 0.6) is 0 Å². The van der Waals surface area contributed by atoms with Gasteiger partial charge in [0.2, 0.25) is 17.7 Å². The maximum absolute atomic E-state index is 12.8. The summed E-state index contributed by atoms with van der Waals surface area (Å²) < 4.78 is 0. The molecule has 5 atom stereocenters. The molecule has 0 saturated carbocycles. The molecule has 0 radical (unpaired) electrons. The lowest BCUT2D eigenvalue weighted by Gasteiger charge is -2.25. The maximum Gasteiger partial charge on any atom is 0.328 e. The van der Waals surface area contributed by atoms with E-state index in [-0.39, 0.29) is 18.6 Å². The van der Waals surface area contributed by atoms with Gasteiger partial charge in [-0.25, -0.2) is 9.78 Å². The number of carboxylic acid groups (broad SMARTS) is 1. The molecule has 5 unspecified atom stereocenters. The summed E-state index contributed by atoms with van der Waals surface area (Å²) in [5.41, 5.74) is 12.1. The Labute approximate surface area is 196 Å². The van der Waals surface area contributed by atoms with Gasteiger partial charge >= 0.3 is 5.97 Å². The van der Waals surface area contributed by atoms with E-state index in [0.29, 0.717) is 25.1 Å². The van der Waals surface area contributed by atoms with Crippen molar-refractivity contribution in [2.24, 2.45) is 11.5 Å². The van der Waals surface area contributed by atoms with Crippen LogP contribution in [0.4, 0.5) is 0 Å². The summed E-state index contributed by atoms with van der Waals surface area (Å²) in [4.78, 5) is 55.7. The van der Waals surface area contributed by atoms with Crippen LogP contribution in [0.1, 0.15) is 31.9 Å². The number of amides is 3. The highest BCUT2D eigenvalue weighted by molar-refractivity contribution is 7.80. The standard InChI is InChI=1S/C19H33N7O6S/c1-10(27)15(19(31)32)26-18(30)14(8-33)25-17(29)13(4-2-3-5-20)24-16(28)12(21)6-11-7-22-9-23-11/h7,9-10,12-15,27,33H,2-6,8,20-21H2,1H3,(H,22,23)(H,24,28)(H,25,29)(H,26,30)(H,31,32). The first-order chi connectivity index (χ1) is 15.6. The molecule has 1 aromatic heterocycles. The quantitative estimate of drug-likeness (QED) is 0.0922. The summed E-state index contributed by atoms with van der Waals surface area (Å²) in [5, 5.41) is 25.9. The fourth-order valence-electron chi connectivity index (χ4n) is 2.88. The number of unbranched alkanes of at least 4 members (excludes halogenated alkanes) is 1. The fraction of sp³-hybridized carbons (Fsp3) is 0.632. The number of nitrogens with two attached hydrogens (primary N) is 2. The molecule has 1 aromatic rings. The van der Waals surface area contributed by atoms with E-state index in [1.54, 1.807) is 0 Å². The summed E-state index contributed by atoms with van der Waals surface area (Å²) in [6.45, 7) is 1.61. The number of carboxylic acids is 1. The molecule has 14 heteroatoms. The average Bonchev–Trinajstić information content (AvgIpc) is 3.27. The molecule has 10 N–H and O–H groups in total. The highest BCUT2D eigenvalue weighted by Gasteiger charge is 2.31. The number of imidazole rings is 1. The highest BCUT2D eigenvalue weighted by atomic mass is 32.1. The van der Waals surface area contributed by atoms with E-state index in [1.165, 1.54) is 19.4 Å². The number of nitrogens with zero attached hydrogens (tertiary/aromatic N) is 1. The minimum Gasteiger partial charge on any atom is -0.480 e. The number of aliphatic carboxylic acids is 1. The molecule has 0 aliphatic heterocycles. The molecular weight excluding hydrogens is 454 g/mol. The number of carbonyl (C=O) groups is 4. The first-order valence-electron chi connectivity index (χ1n) is 10.5. The van der Waals surface area contributed by atoms with Gasteiger partial charge in [-0.2, -0.15) is 12.6 Å². The van der Waals surface area contributed by atoms with E-state index in [1.807, 2.05) is 0 Å². The summed E-state index contributed by atoms with van der Waals surface area (Å²) in [7, 11) is 0. The molecule has 0 aromatic carbocycles. The molecule has 0 fully saturated rings. The van der Waals surface area contributed by atoms with Crippen LogP contribution in [-0.2, 0) is 25.6 Å². The van der Waals surface area contributed by atoms with Crippen molar-refractivity contribution in [1.82, 2.24) is 25.9 Å². The second-order valence-corrected chi connectivity index (χ2v) is 7.91. The lowest BCUT2D eigenvalue weighted by molar-refractivity contribution is -0.145. The summed E-state index contributed by atoms with van der Waals surface area (Å²) in [5.74, 6) is -3.64. The molecule has 13 nitrogen and oxygen atoms in total. The zero-order valence-corrected chi connectivity index (χ0v) is 19.3. The molecule has 3 amide bonds. The number of thiol groups is 1. The largest absolute Gasteiger partial charge is 0.480 e. The van der Waals surface area contributed by atoms with Gasteiger partial charge in [0.15, 0.2) is 6.04 Å². The molecular formula is C19H33N7O6S. The Morgan fingerprint density at radius 2 is 1.76 bits per heavy atom. The van der Waals surface area contributed by atoms with E-state index in [9.17, 15) is 24.3 Å². The first kappa shape index (κ1) is 28.4. The SMILES string of the molecule is CC(O)C(NC(=O)C(CS)NC(=O)C(CCCCN)NC(=O)C(N)Cc1cnc[nH]1)C(=O)O. The molecule has 0 bridgehead atoms. The number of hydrogen-bond donors (Lipinski definition) is 9. The number of aliphatic hydroxyl groups is 1. The molecule has 1 heterocycles. The van der Waals surface area contributed by atoms with Crippen molar-refractivity contribution >= 4 is 36.3 Å². The van der Waals surface area contributed by atoms with E-state index >= 15 is 0 Å². The number of nitrogens with one attached hydrogen (secondary N) is 4. The van der Waals surface area contributed by atoms with Gasteiger partial charge < -0.3 is 42.6 Å². The summed E-state index contributed by atoms with van der Waals surface area (Å²) in [6.07, 6.45) is 3.21. The fourth-order valence-corrected chi connectivity index (χ4v) is 3.13. The molecule has 0 spiro atoms. The monoisotopic (exact) mass is 487 g/mol. The van der Waals surface area contributed by atoms with E-state index in [0.717, 1.165) is 0 Å². The van der Waals surface area contributed by atoms with Crippen LogP contribution in [0.25, 0.3) is 0 Å². The molecule has 186 valence electrons. The van der Waals surface area contributed by atoms with E-state index in [2.05, 4.69) is 38.5 Å². The van der Waals surface area contributed by atoms with Crippen LogP contribution >= 0.6 is 12.6 Å². The number of rotatable bonds is 15. The van der Waals surface area contributed by atoms with Gasteiger partial charge in [0.05, 0.1) is 18.5 Å². The predicted molar refractivity (Wildman–Crippen MR) is 122 cm³/mol. The normalized spacial score (nSPS) is 15.5. The van der Waals surface area contributed by atoms with Gasteiger partial charge in [-0.05, 0) is 32.7 Å². The first-order valence-corrected chi connectivity index (χ1v) is 11.1. The van der Waals surface area contributed by atoms with Crippen molar-refractivity contribution in [3.8, 4) is 0 Å². The zero-order valence-electron chi connectivity index (χ0n) is 18.4. The van der Waals surface area contributed by atoms with Crippen molar-refractivity contribution in [3.05, 3.63) is 18.2 Å². The smallest absolute Gasteiger partial charge is 0.328 e. The second kappa shape index (κ2) is 14.5. The summed E-state index contributed by atoms with van der Waals surface area (Å²) in [6, 6.07) is -4.70. The Balaban J connectivity index is 2.82. The Morgan fingerprint density at radius 3 is 2.27 bits per heavy atom. The number of aliphatic hydroxyl groups excluding tert-OH is 1. The minimum atomic E-state index is -1.56. The van der Waals surface area contributed by atoms with Gasteiger partial charge in [-0.15, -0.1) is 0 Å². The van der Waals surface area contributed by atoms with Gasteiger partial charge in [-0.1, -0.05) is 0 Å². The Kier molecular flexibility index (Phi) is 12.4. The Morgan fingerprint density at radius 1 is 1.12 bits per heavy atom.